The molecule has 0 unspecified atom stereocenters. The number of benzene rings is 1. The van der Waals surface area contributed by atoms with Crippen LogP contribution < -0.4 is 10.9 Å². The zero-order chi connectivity index (χ0) is 19.2. The minimum atomic E-state index is -0.501. The minimum Gasteiger partial charge on any atom is -0.394 e. The van der Waals surface area contributed by atoms with Crippen LogP contribution in [0.25, 0.3) is 26.1 Å². The summed E-state index contributed by atoms with van der Waals surface area (Å²) in [7, 11) is 0. The highest BCUT2D eigenvalue weighted by Gasteiger charge is 2.21. The van der Waals surface area contributed by atoms with Gasteiger partial charge in [0.25, 0.3) is 5.56 Å². The number of aliphatic hydroxyl groups is 1. The van der Waals surface area contributed by atoms with Crippen LogP contribution in [0.4, 0.5) is 5.69 Å². The minimum absolute atomic E-state index is 0.0213. The van der Waals surface area contributed by atoms with Crippen molar-refractivity contribution in [2.45, 2.75) is 26.3 Å². The van der Waals surface area contributed by atoms with E-state index in [1.807, 2.05) is 51.1 Å². The van der Waals surface area contributed by atoms with E-state index in [0.717, 1.165) is 27.2 Å². The van der Waals surface area contributed by atoms with E-state index < -0.39 is 5.54 Å². The number of nitrogens with one attached hydrogen (secondary N) is 1. The molecule has 4 rings (SSSR count). The first-order valence-electron chi connectivity index (χ1n) is 8.64. The van der Waals surface area contributed by atoms with E-state index in [2.05, 4.69) is 15.3 Å². The lowest BCUT2D eigenvalue weighted by Gasteiger charge is -2.25. The summed E-state index contributed by atoms with van der Waals surface area (Å²) in [4.78, 5) is 22.8. The van der Waals surface area contributed by atoms with Crippen LogP contribution in [0.1, 0.15) is 19.4 Å². The van der Waals surface area contributed by atoms with Gasteiger partial charge in [0.1, 0.15) is 15.9 Å². The number of aliphatic hydroxyl groups excluding tert-OH is 1. The molecule has 3 heterocycles. The third-order valence-electron chi connectivity index (χ3n) is 4.46. The lowest BCUT2D eigenvalue weighted by Crippen LogP contribution is -2.34. The summed E-state index contributed by atoms with van der Waals surface area (Å²) in [5.41, 5.74) is 2.75. The van der Waals surface area contributed by atoms with Gasteiger partial charge in [-0.3, -0.25) is 9.36 Å². The van der Waals surface area contributed by atoms with Crippen LogP contribution in [0.2, 0.25) is 0 Å². The van der Waals surface area contributed by atoms with Gasteiger partial charge in [0, 0.05) is 11.9 Å². The number of fused-ring (bicyclic) bond motifs is 3. The third-order valence-corrected chi connectivity index (χ3v) is 5.54. The molecule has 0 aliphatic heterocycles. The van der Waals surface area contributed by atoms with E-state index >= 15 is 0 Å². The number of pyridine rings is 1. The molecule has 0 amide bonds. The molecule has 0 saturated heterocycles. The third kappa shape index (κ3) is 3.09. The molecule has 0 aliphatic rings. The number of aryl methyl sites for hydroxylation is 1. The van der Waals surface area contributed by atoms with Crippen molar-refractivity contribution in [3.8, 4) is 5.69 Å². The van der Waals surface area contributed by atoms with Gasteiger partial charge in [-0.15, -0.1) is 11.3 Å². The molecular weight excluding hydrogens is 360 g/mol. The number of anilines is 1. The van der Waals surface area contributed by atoms with Gasteiger partial charge in [-0.2, -0.15) is 0 Å². The molecule has 2 N–H and O–H groups in total. The van der Waals surface area contributed by atoms with Crippen LogP contribution in [0.15, 0.2) is 47.7 Å². The molecule has 3 aromatic heterocycles. The highest BCUT2D eigenvalue weighted by Crippen LogP contribution is 2.35. The lowest BCUT2D eigenvalue weighted by molar-refractivity contribution is 0.234. The average molecular weight is 380 g/mol. The van der Waals surface area contributed by atoms with Crippen molar-refractivity contribution in [1.82, 2.24) is 14.5 Å². The van der Waals surface area contributed by atoms with E-state index in [9.17, 15) is 9.90 Å². The first-order valence-corrected chi connectivity index (χ1v) is 9.46. The second kappa shape index (κ2) is 6.44. The molecule has 27 heavy (non-hydrogen) atoms. The number of aromatic nitrogens is 3. The van der Waals surface area contributed by atoms with Crippen LogP contribution in [0.5, 0.6) is 0 Å². The summed E-state index contributed by atoms with van der Waals surface area (Å²) in [6.45, 7) is 5.80. The zero-order valence-electron chi connectivity index (χ0n) is 15.4. The fourth-order valence-electron chi connectivity index (χ4n) is 2.95. The van der Waals surface area contributed by atoms with Gasteiger partial charge in [-0.1, -0.05) is 17.7 Å². The first-order chi connectivity index (χ1) is 12.9. The fourth-order valence-corrected chi connectivity index (χ4v) is 4.00. The number of thiophene rings is 1. The molecular formula is C20H20N4O2S. The Morgan fingerprint density at radius 1 is 1.19 bits per heavy atom. The maximum atomic E-state index is 13.1. The molecule has 6 nitrogen and oxygen atoms in total. The molecule has 4 aromatic rings. The van der Waals surface area contributed by atoms with Gasteiger partial charge in [0.05, 0.1) is 28.7 Å². The van der Waals surface area contributed by atoms with Crippen molar-refractivity contribution >= 4 is 37.5 Å². The molecule has 0 spiro atoms. The van der Waals surface area contributed by atoms with Gasteiger partial charge in [-0.05, 0) is 39.0 Å². The monoisotopic (exact) mass is 380 g/mol. The molecule has 0 radical (unpaired) electrons. The summed E-state index contributed by atoms with van der Waals surface area (Å²) >= 11 is 1.34. The van der Waals surface area contributed by atoms with Crippen molar-refractivity contribution < 1.29 is 5.11 Å². The van der Waals surface area contributed by atoms with Crippen LogP contribution in [-0.4, -0.2) is 31.8 Å². The molecule has 0 fully saturated rings. The Morgan fingerprint density at radius 3 is 2.63 bits per heavy atom. The molecule has 0 bridgehead atoms. The number of rotatable bonds is 4. The van der Waals surface area contributed by atoms with Crippen molar-refractivity contribution in [3.63, 3.8) is 0 Å². The topological polar surface area (TPSA) is 80.0 Å². The smallest absolute Gasteiger partial charge is 0.275 e. The summed E-state index contributed by atoms with van der Waals surface area (Å²) in [5, 5.41) is 13.7. The predicted molar refractivity (Wildman–Crippen MR) is 110 cm³/mol. The summed E-state index contributed by atoms with van der Waals surface area (Å²) < 4.78 is 2.12. The lowest BCUT2D eigenvalue weighted by atomic mass is 10.1. The maximum absolute atomic E-state index is 13.1. The summed E-state index contributed by atoms with van der Waals surface area (Å²) in [6, 6.07) is 9.60. The van der Waals surface area contributed by atoms with E-state index in [1.165, 1.54) is 11.3 Å². The highest BCUT2D eigenvalue weighted by atomic mass is 32.1. The Balaban J connectivity index is 1.94. The van der Waals surface area contributed by atoms with Gasteiger partial charge in [-0.25, -0.2) is 9.97 Å². The van der Waals surface area contributed by atoms with Crippen molar-refractivity contribution in [2.75, 3.05) is 11.9 Å². The van der Waals surface area contributed by atoms with E-state index in [0.29, 0.717) is 10.2 Å². The SMILES string of the molecule is Cc1ccc(-n2cnc3c(sc4nccc(NC(C)(C)CO)c43)c2=O)cc1. The van der Waals surface area contributed by atoms with Gasteiger partial charge < -0.3 is 10.4 Å². The molecule has 0 aliphatic carbocycles. The van der Waals surface area contributed by atoms with E-state index in [4.69, 9.17) is 0 Å². The van der Waals surface area contributed by atoms with Gasteiger partial charge >= 0.3 is 0 Å². The van der Waals surface area contributed by atoms with Crippen molar-refractivity contribution in [3.05, 3.63) is 58.8 Å². The number of nitrogens with zero attached hydrogens (tertiary/aromatic N) is 3. The molecule has 1 aromatic carbocycles. The summed E-state index contributed by atoms with van der Waals surface area (Å²) in [6.07, 6.45) is 3.27. The second-order valence-corrected chi connectivity index (χ2v) is 8.24. The quantitative estimate of drug-likeness (QED) is 0.567. The normalized spacial score (nSPS) is 12.0. The molecule has 138 valence electrons. The maximum Gasteiger partial charge on any atom is 0.275 e. The van der Waals surface area contributed by atoms with E-state index in [1.54, 1.807) is 17.1 Å². The average Bonchev–Trinajstić information content (AvgIpc) is 3.03. The Labute approximate surface area is 160 Å². The zero-order valence-corrected chi connectivity index (χ0v) is 16.2. The van der Waals surface area contributed by atoms with E-state index in [-0.39, 0.29) is 12.2 Å². The van der Waals surface area contributed by atoms with Gasteiger partial charge in [0.15, 0.2) is 0 Å². The van der Waals surface area contributed by atoms with Gasteiger partial charge in [0.2, 0.25) is 0 Å². The fraction of sp³-hybridized carbons (Fsp3) is 0.250. The molecule has 0 saturated carbocycles. The Morgan fingerprint density at radius 2 is 1.93 bits per heavy atom. The largest absolute Gasteiger partial charge is 0.394 e. The van der Waals surface area contributed by atoms with Crippen molar-refractivity contribution in [1.29, 1.82) is 0 Å². The van der Waals surface area contributed by atoms with Crippen LogP contribution in [0, 0.1) is 6.92 Å². The van der Waals surface area contributed by atoms with Crippen LogP contribution in [0.3, 0.4) is 0 Å². The first kappa shape index (κ1) is 17.6. The Bertz CT molecular complexity index is 1190. The summed E-state index contributed by atoms with van der Waals surface area (Å²) in [5.74, 6) is 0. The molecule has 0 atom stereocenters. The predicted octanol–water partition coefficient (Wildman–Crippen LogP) is 3.49. The number of hydrogen-bond acceptors (Lipinski definition) is 6. The van der Waals surface area contributed by atoms with Crippen molar-refractivity contribution in [2.24, 2.45) is 0 Å². The van der Waals surface area contributed by atoms with Crippen LogP contribution >= 0.6 is 11.3 Å². The van der Waals surface area contributed by atoms with Crippen LogP contribution in [-0.2, 0) is 0 Å². The highest BCUT2D eigenvalue weighted by molar-refractivity contribution is 7.25. The second-order valence-electron chi connectivity index (χ2n) is 7.24. The Hall–Kier alpha value is -2.77. The standard InChI is InChI=1S/C20H20N4O2S/c1-12-4-6-13(7-5-12)24-11-22-16-15-14(23-20(2,3)10-25)8-9-21-18(15)27-17(16)19(24)26/h4-9,11,25H,10H2,1-3H3,(H,21,23). The Kier molecular flexibility index (Phi) is 4.20. The number of hydrogen-bond donors (Lipinski definition) is 2. The molecule has 7 heteroatoms.